The highest BCUT2D eigenvalue weighted by Gasteiger charge is 2.14. The quantitative estimate of drug-likeness (QED) is 0.442. The first-order valence-electron chi connectivity index (χ1n) is 6.59. The van der Waals surface area contributed by atoms with E-state index in [9.17, 15) is 4.39 Å². The topological polar surface area (TPSA) is 17.8 Å². The van der Waals surface area contributed by atoms with Gasteiger partial charge in [-0.3, -0.25) is 4.57 Å². The highest BCUT2D eigenvalue weighted by Crippen LogP contribution is 2.26. The second-order valence-corrected chi connectivity index (χ2v) is 6.43. The van der Waals surface area contributed by atoms with Crippen LogP contribution in [-0.2, 0) is 6.42 Å². The molecule has 108 valence electrons. The van der Waals surface area contributed by atoms with Gasteiger partial charge in [0.15, 0.2) is 0 Å². The average Bonchev–Trinajstić information content (AvgIpc) is 2.78. The second kappa shape index (κ2) is 5.93. The van der Waals surface area contributed by atoms with E-state index in [2.05, 4.69) is 4.98 Å². The van der Waals surface area contributed by atoms with E-state index < -0.39 is 0 Å². The summed E-state index contributed by atoms with van der Waals surface area (Å²) in [6.07, 6.45) is 0.641. The van der Waals surface area contributed by atoms with E-state index in [1.807, 2.05) is 58.3 Å². The molecule has 0 bridgehead atoms. The molecule has 0 saturated carbocycles. The highest BCUT2D eigenvalue weighted by molar-refractivity contribution is 14.1. The van der Waals surface area contributed by atoms with Crippen molar-refractivity contribution in [3.05, 3.63) is 57.2 Å². The van der Waals surface area contributed by atoms with Crippen molar-refractivity contribution < 1.29 is 4.39 Å². The summed E-state index contributed by atoms with van der Waals surface area (Å²) >= 11 is 7.87. The maximum atomic E-state index is 13.9. The van der Waals surface area contributed by atoms with Gasteiger partial charge >= 0.3 is 0 Å². The van der Waals surface area contributed by atoms with Crippen molar-refractivity contribution in [1.29, 1.82) is 0 Å². The first kappa shape index (κ1) is 14.8. The van der Waals surface area contributed by atoms with Crippen molar-refractivity contribution in [2.75, 3.05) is 5.88 Å². The molecule has 0 aliphatic heterocycles. The summed E-state index contributed by atoms with van der Waals surface area (Å²) in [5.74, 6) is 1.11. The second-order valence-electron chi connectivity index (χ2n) is 4.89. The normalized spacial score (nSPS) is 11.2. The molecule has 0 aliphatic rings. The van der Waals surface area contributed by atoms with Gasteiger partial charge in [0.1, 0.15) is 11.6 Å². The zero-order chi connectivity index (χ0) is 15.0. The lowest BCUT2D eigenvalue weighted by atomic mass is 10.2. The molecule has 0 unspecified atom stereocenters. The Morgan fingerprint density at radius 2 is 1.95 bits per heavy atom. The van der Waals surface area contributed by atoms with Gasteiger partial charge in [-0.1, -0.05) is 17.7 Å². The number of hydrogen-bond donors (Lipinski definition) is 0. The molecule has 3 rings (SSSR count). The minimum atomic E-state index is -0.228. The van der Waals surface area contributed by atoms with Gasteiger partial charge in [0.2, 0.25) is 0 Å². The number of fused-ring (bicyclic) bond motifs is 1. The van der Waals surface area contributed by atoms with Crippen molar-refractivity contribution in [3.63, 3.8) is 0 Å². The first-order chi connectivity index (χ1) is 10.1. The van der Waals surface area contributed by atoms with Crippen LogP contribution in [0.2, 0.25) is 0 Å². The summed E-state index contributed by atoms with van der Waals surface area (Å²) in [6.45, 7) is 2.04. The molecule has 21 heavy (non-hydrogen) atoms. The van der Waals surface area contributed by atoms with E-state index in [-0.39, 0.29) is 5.82 Å². The third kappa shape index (κ3) is 2.79. The van der Waals surface area contributed by atoms with Crippen molar-refractivity contribution >= 4 is 45.2 Å². The number of benzene rings is 2. The predicted molar refractivity (Wildman–Crippen MR) is 92.9 cm³/mol. The average molecular weight is 415 g/mol. The Labute approximate surface area is 141 Å². The van der Waals surface area contributed by atoms with E-state index in [0.29, 0.717) is 15.9 Å². The summed E-state index contributed by atoms with van der Waals surface area (Å²) in [4.78, 5) is 4.61. The fraction of sp³-hybridized carbons (Fsp3) is 0.188. The SMILES string of the molecule is Cc1ccc(-n2c(CCCl)nc3cc(I)c(F)cc32)cc1. The Bertz CT molecular complexity index is 796. The molecule has 3 aromatic rings. The number of aromatic nitrogens is 2. The summed E-state index contributed by atoms with van der Waals surface area (Å²) < 4.78 is 16.5. The number of alkyl halides is 1. The van der Waals surface area contributed by atoms with Gasteiger partial charge in [0.25, 0.3) is 0 Å². The lowest BCUT2D eigenvalue weighted by molar-refractivity contribution is 0.621. The number of hydrogen-bond acceptors (Lipinski definition) is 1. The van der Waals surface area contributed by atoms with Gasteiger partial charge in [-0.2, -0.15) is 0 Å². The van der Waals surface area contributed by atoms with Crippen LogP contribution in [0.25, 0.3) is 16.7 Å². The first-order valence-corrected chi connectivity index (χ1v) is 8.21. The maximum Gasteiger partial charge on any atom is 0.138 e. The van der Waals surface area contributed by atoms with Crippen molar-refractivity contribution in [2.24, 2.45) is 0 Å². The van der Waals surface area contributed by atoms with Crippen LogP contribution in [0.4, 0.5) is 4.39 Å². The lowest BCUT2D eigenvalue weighted by Gasteiger charge is -2.09. The van der Waals surface area contributed by atoms with E-state index in [4.69, 9.17) is 11.6 Å². The molecule has 0 atom stereocenters. The summed E-state index contributed by atoms with van der Waals surface area (Å²) in [5.41, 5.74) is 3.73. The summed E-state index contributed by atoms with van der Waals surface area (Å²) in [6, 6.07) is 11.4. The van der Waals surface area contributed by atoms with Gasteiger partial charge in [0, 0.05) is 24.1 Å². The summed E-state index contributed by atoms with van der Waals surface area (Å²) in [5, 5.41) is 0. The number of halogens is 3. The third-order valence-corrected chi connectivity index (χ3v) is 4.39. The van der Waals surface area contributed by atoms with Gasteiger partial charge in [-0.05, 0) is 47.7 Å². The predicted octanol–water partition coefficient (Wildman–Crippen LogP) is 4.86. The van der Waals surface area contributed by atoms with Gasteiger partial charge < -0.3 is 0 Å². The van der Waals surface area contributed by atoms with E-state index in [1.165, 1.54) is 5.56 Å². The zero-order valence-electron chi connectivity index (χ0n) is 11.4. The van der Waals surface area contributed by atoms with Gasteiger partial charge in [-0.25, -0.2) is 9.37 Å². The molecule has 0 amide bonds. The minimum Gasteiger partial charge on any atom is -0.296 e. The van der Waals surface area contributed by atoms with Crippen LogP contribution in [0.1, 0.15) is 11.4 Å². The summed E-state index contributed by atoms with van der Waals surface area (Å²) in [7, 11) is 0. The fourth-order valence-electron chi connectivity index (χ4n) is 2.36. The Balaban J connectivity index is 2.29. The van der Waals surface area contributed by atoms with Crippen molar-refractivity contribution in [2.45, 2.75) is 13.3 Å². The molecule has 0 saturated heterocycles. The number of rotatable bonds is 3. The molecule has 2 nitrogen and oxygen atoms in total. The molecule has 5 heteroatoms. The molecule has 1 aromatic heterocycles. The van der Waals surface area contributed by atoms with Crippen LogP contribution in [0.5, 0.6) is 0 Å². The van der Waals surface area contributed by atoms with E-state index >= 15 is 0 Å². The van der Waals surface area contributed by atoms with Gasteiger partial charge in [0.05, 0.1) is 14.6 Å². The minimum absolute atomic E-state index is 0.228. The highest BCUT2D eigenvalue weighted by atomic mass is 127. The monoisotopic (exact) mass is 414 g/mol. The molecule has 0 radical (unpaired) electrons. The molecule has 2 aromatic carbocycles. The number of nitrogens with zero attached hydrogens (tertiary/aromatic N) is 2. The Kier molecular flexibility index (Phi) is 4.17. The zero-order valence-corrected chi connectivity index (χ0v) is 14.3. The van der Waals surface area contributed by atoms with Gasteiger partial charge in [-0.15, -0.1) is 11.6 Å². The van der Waals surface area contributed by atoms with Crippen LogP contribution < -0.4 is 0 Å². The standard InChI is InChI=1S/C16H13ClFIN2/c1-10-2-4-11(5-3-10)21-15-8-12(18)13(19)9-14(15)20-16(21)6-7-17/h2-5,8-9H,6-7H2,1H3. The largest absolute Gasteiger partial charge is 0.296 e. The number of aryl methyl sites for hydroxylation is 2. The Hall–Kier alpha value is -1.14. The van der Waals surface area contributed by atoms with Crippen LogP contribution in [-0.4, -0.2) is 15.4 Å². The van der Waals surface area contributed by atoms with E-state index in [0.717, 1.165) is 22.5 Å². The Morgan fingerprint density at radius 1 is 1.24 bits per heavy atom. The molecule has 0 spiro atoms. The Morgan fingerprint density at radius 3 is 2.62 bits per heavy atom. The van der Waals surface area contributed by atoms with Crippen LogP contribution in [0, 0.1) is 16.3 Å². The lowest BCUT2D eigenvalue weighted by Crippen LogP contribution is -2.02. The van der Waals surface area contributed by atoms with Crippen LogP contribution >= 0.6 is 34.2 Å². The molecule has 1 heterocycles. The van der Waals surface area contributed by atoms with E-state index in [1.54, 1.807) is 12.1 Å². The molecule has 0 N–H and O–H groups in total. The van der Waals surface area contributed by atoms with Crippen molar-refractivity contribution in [3.8, 4) is 5.69 Å². The number of imidazole rings is 1. The molecule has 0 aliphatic carbocycles. The van der Waals surface area contributed by atoms with Crippen LogP contribution in [0.15, 0.2) is 36.4 Å². The van der Waals surface area contributed by atoms with Crippen molar-refractivity contribution in [1.82, 2.24) is 9.55 Å². The smallest absolute Gasteiger partial charge is 0.138 e. The molecular formula is C16H13ClFIN2. The fourth-order valence-corrected chi connectivity index (χ4v) is 2.98. The van der Waals surface area contributed by atoms with Crippen LogP contribution in [0.3, 0.4) is 0 Å². The molecule has 0 fully saturated rings. The maximum absolute atomic E-state index is 13.9. The third-order valence-electron chi connectivity index (χ3n) is 3.38. The molecular weight excluding hydrogens is 402 g/mol.